The topological polar surface area (TPSA) is 72.6 Å². The molecule has 19 heavy (non-hydrogen) atoms. The molecule has 0 aromatic heterocycles. The number of hydrogen-bond acceptors (Lipinski definition) is 4. The maximum absolute atomic E-state index is 11.5. The molecule has 0 radical (unpaired) electrons. The van der Waals surface area contributed by atoms with Gasteiger partial charge in [0.2, 0.25) is 5.91 Å². The van der Waals surface area contributed by atoms with Crippen molar-refractivity contribution in [2.75, 3.05) is 21.2 Å². The highest BCUT2D eigenvalue weighted by Crippen LogP contribution is 2.08. The zero-order chi connectivity index (χ0) is 14.4. The summed E-state index contributed by atoms with van der Waals surface area (Å²) in [5, 5.41) is 0. The number of benzene rings is 1. The molecule has 1 amide bonds. The Kier molecular flexibility index (Phi) is 5.51. The van der Waals surface area contributed by atoms with Crippen LogP contribution in [0, 0.1) is 0 Å². The van der Waals surface area contributed by atoms with Crippen molar-refractivity contribution in [3.8, 4) is 0 Å². The molecule has 1 rings (SSSR count). The molecule has 0 spiro atoms. The number of carbonyl (C=O) groups excluding carboxylic acids is 2. The van der Waals surface area contributed by atoms with Crippen LogP contribution in [-0.2, 0) is 27.2 Å². The fourth-order valence-electron chi connectivity index (χ4n) is 1.61. The molecule has 0 aliphatic carbocycles. The van der Waals surface area contributed by atoms with Gasteiger partial charge in [0.25, 0.3) is 0 Å². The first-order valence-corrected chi connectivity index (χ1v) is 6.05. The molecule has 5 nitrogen and oxygen atoms in total. The van der Waals surface area contributed by atoms with Crippen LogP contribution in [0.2, 0.25) is 0 Å². The van der Waals surface area contributed by atoms with Gasteiger partial charge >= 0.3 is 5.97 Å². The van der Waals surface area contributed by atoms with E-state index in [1.54, 1.807) is 19.0 Å². The van der Waals surface area contributed by atoms with Gasteiger partial charge in [-0.2, -0.15) is 0 Å². The number of ether oxygens (including phenoxy) is 1. The Bertz CT molecular complexity index is 441. The van der Waals surface area contributed by atoms with Crippen molar-refractivity contribution in [2.45, 2.75) is 18.9 Å². The van der Waals surface area contributed by atoms with Crippen LogP contribution in [0.1, 0.15) is 11.1 Å². The van der Waals surface area contributed by atoms with E-state index >= 15 is 0 Å². The number of nitrogens with two attached hydrogens (primary N) is 1. The summed E-state index contributed by atoms with van der Waals surface area (Å²) in [5.74, 6) is -0.370. The van der Waals surface area contributed by atoms with Crippen molar-refractivity contribution < 1.29 is 14.3 Å². The minimum absolute atomic E-state index is 0.0546. The van der Waals surface area contributed by atoms with Gasteiger partial charge in [-0.25, -0.2) is 0 Å². The second-order valence-electron chi connectivity index (χ2n) is 4.62. The zero-order valence-corrected chi connectivity index (χ0v) is 11.6. The van der Waals surface area contributed by atoms with Gasteiger partial charge in [0, 0.05) is 14.1 Å². The highest BCUT2D eigenvalue weighted by atomic mass is 16.5. The third-order valence-electron chi connectivity index (χ3n) is 2.84. The van der Waals surface area contributed by atoms with E-state index in [0.717, 1.165) is 11.1 Å². The van der Waals surface area contributed by atoms with Crippen LogP contribution in [0.3, 0.4) is 0 Å². The molecule has 0 unspecified atom stereocenters. The molecule has 1 aromatic rings. The zero-order valence-electron chi connectivity index (χ0n) is 11.6. The van der Waals surface area contributed by atoms with Crippen LogP contribution in [0.25, 0.3) is 0 Å². The lowest BCUT2D eigenvalue weighted by Crippen LogP contribution is -2.33. The smallest absolute Gasteiger partial charge is 0.322 e. The van der Waals surface area contributed by atoms with Gasteiger partial charge in [-0.15, -0.1) is 0 Å². The van der Waals surface area contributed by atoms with Crippen molar-refractivity contribution >= 4 is 11.9 Å². The highest BCUT2D eigenvalue weighted by molar-refractivity contribution is 5.78. The normalized spacial score (nSPS) is 11.8. The van der Waals surface area contributed by atoms with Crippen LogP contribution in [0.5, 0.6) is 0 Å². The third kappa shape index (κ3) is 4.71. The van der Waals surface area contributed by atoms with E-state index in [1.807, 2.05) is 24.3 Å². The van der Waals surface area contributed by atoms with Gasteiger partial charge in [-0.05, 0) is 17.5 Å². The Morgan fingerprint density at radius 2 is 1.74 bits per heavy atom. The van der Waals surface area contributed by atoms with Gasteiger partial charge in [0.1, 0.15) is 6.04 Å². The van der Waals surface area contributed by atoms with Crippen molar-refractivity contribution in [3.05, 3.63) is 35.4 Å². The summed E-state index contributed by atoms with van der Waals surface area (Å²) in [6, 6.07) is 6.85. The summed E-state index contributed by atoms with van der Waals surface area (Å²) in [6.07, 6.45) is 0.797. The number of esters is 1. The quantitative estimate of drug-likeness (QED) is 0.779. The standard InChI is InChI=1S/C14H20N2O3/c1-16(2)13(17)9-11-6-4-10(5-7-11)8-12(15)14(18)19-3/h4-7,12H,8-9,15H2,1-3H3/t12-/m0/s1. The minimum atomic E-state index is -0.653. The molecule has 2 N–H and O–H groups in total. The number of hydrogen-bond donors (Lipinski definition) is 1. The Morgan fingerprint density at radius 1 is 1.21 bits per heavy atom. The fourth-order valence-corrected chi connectivity index (χ4v) is 1.61. The number of nitrogens with zero attached hydrogens (tertiary/aromatic N) is 1. The molecule has 0 heterocycles. The molecule has 0 saturated heterocycles. The summed E-state index contributed by atoms with van der Waals surface area (Å²) in [4.78, 5) is 24.3. The monoisotopic (exact) mass is 264 g/mol. The Morgan fingerprint density at radius 3 is 2.21 bits per heavy atom. The molecule has 0 saturated carbocycles. The van der Waals surface area contributed by atoms with E-state index < -0.39 is 12.0 Å². The van der Waals surface area contributed by atoms with Crippen molar-refractivity contribution in [2.24, 2.45) is 5.73 Å². The first-order chi connectivity index (χ1) is 8.93. The van der Waals surface area contributed by atoms with E-state index in [4.69, 9.17) is 5.73 Å². The summed E-state index contributed by atoms with van der Waals surface area (Å²) in [7, 11) is 4.77. The minimum Gasteiger partial charge on any atom is -0.468 e. The van der Waals surface area contributed by atoms with Crippen LogP contribution in [-0.4, -0.2) is 44.0 Å². The first-order valence-electron chi connectivity index (χ1n) is 6.05. The average molecular weight is 264 g/mol. The van der Waals surface area contributed by atoms with Gasteiger partial charge in [-0.3, -0.25) is 9.59 Å². The Hall–Kier alpha value is -1.88. The molecule has 5 heteroatoms. The van der Waals surface area contributed by atoms with Gasteiger partial charge in [0.05, 0.1) is 13.5 Å². The summed E-state index contributed by atoms with van der Waals surface area (Å²) in [6.45, 7) is 0. The maximum Gasteiger partial charge on any atom is 0.322 e. The first kappa shape index (κ1) is 15.2. The fraction of sp³-hybridized carbons (Fsp3) is 0.429. The Labute approximate surface area is 113 Å². The maximum atomic E-state index is 11.5. The predicted octanol–water partition coefficient (Wildman–Crippen LogP) is 0.360. The molecule has 1 atom stereocenters. The third-order valence-corrected chi connectivity index (χ3v) is 2.84. The van der Waals surface area contributed by atoms with Crippen molar-refractivity contribution in [1.29, 1.82) is 0 Å². The molecule has 1 aromatic carbocycles. The molecular weight excluding hydrogens is 244 g/mol. The second-order valence-corrected chi connectivity index (χ2v) is 4.62. The number of rotatable bonds is 5. The molecule has 104 valence electrons. The lowest BCUT2D eigenvalue weighted by atomic mass is 10.0. The molecule has 0 aliphatic rings. The van der Waals surface area contributed by atoms with Gasteiger partial charge in [0.15, 0.2) is 0 Å². The van der Waals surface area contributed by atoms with Gasteiger partial charge < -0.3 is 15.4 Å². The van der Waals surface area contributed by atoms with Crippen molar-refractivity contribution in [3.63, 3.8) is 0 Å². The molecule has 0 fully saturated rings. The number of amides is 1. The lowest BCUT2D eigenvalue weighted by molar-refractivity contribution is -0.142. The van der Waals surface area contributed by atoms with E-state index in [2.05, 4.69) is 4.74 Å². The number of likely N-dealkylation sites (N-methyl/N-ethyl adjacent to an activating group) is 1. The van der Waals surface area contributed by atoms with Crippen LogP contribution < -0.4 is 5.73 Å². The highest BCUT2D eigenvalue weighted by Gasteiger charge is 2.14. The van der Waals surface area contributed by atoms with E-state index in [0.29, 0.717) is 12.8 Å². The van der Waals surface area contributed by atoms with Crippen LogP contribution >= 0.6 is 0 Å². The lowest BCUT2D eigenvalue weighted by Gasteiger charge is -2.11. The second kappa shape index (κ2) is 6.89. The van der Waals surface area contributed by atoms with Crippen LogP contribution in [0.15, 0.2) is 24.3 Å². The van der Waals surface area contributed by atoms with E-state index in [9.17, 15) is 9.59 Å². The number of methoxy groups -OCH3 is 1. The number of carbonyl (C=O) groups is 2. The van der Waals surface area contributed by atoms with E-state index in [-0.39, 0.29) is 5.91 Å². The summed E-state index contributed by atoms with van der Waals surface area (Å²) >= 11 is 0. The molecule has 0 bridgehead atoms. The summed E-state index contributed by atoms with van der Waals surface area (Å²) in [5.41, 5.74) is 7.57. The van der Waals surface area contributed by atoms with E-state index in [1.165, 1.54) is 7.11 Å². The predicted molar refractivity (Wildman–Crippen MR) is 72.5 cm³/mol. The average Bonchev–Trinajstić information content (AvgIpc) is 2.39. The van der Waals surface area contributed by atoms with Gasteiger partial charge in [-0.1, -0.05) is 24.3 Å². The Balaban J connectivity index is 2.61. The molecule has 0 aliphatic heterocycles. The van der Waals surface area contributed by atoms with Crippen LogP contribution in [0.4, 0.5) is 0 Å². The summed E-state index contributed by atoms with van der Waals surface area (Å²) < 4.78 is 4.57. The largest absolute Gasteiger partial charge is 0.468 e. The SMILES string of the molecule is COC(=O)[C@@H](N)Cc1ccc(CC(=O)N(C)C)cc1. The van der Waals surface area contributed by atoms with Crippen molar-refractivity contribution in [1.82, 2.24) is 4.90 Å². The molecular formula is C14H20N2O3.